The Balaban J connectivity index is 1.51. The molecule has 4 rings (SSSR count). The minimum Gasteiger partial charge on any atom is -0.335 e. The Morgan fingerprint density at radius 3 is 2.00 bits per heavy atom. The van der Waals surface area contributed by atoms with Gasteiger partial charge in [-0.15, -0.1) is 4.91 Å². The minimum absolute atomic E-state index is 0.148. The number of benzene rings is 2. The fourth-order valence-electron chi connectivity index (χ4n) is 3.82. The van der Waals surface area contributed by atoms with Gasteiger partial charge in [0, 0.05) is 32.4 Å². The third kappa shape index (κ3) is 4.22. The molecule has 1 aromatic heterocycles. The molecule has 2 aromatic carbocycles. The summed E-state index contributed by atoms with van der Waals surface area (Å²) in [5.74, 6) is -0.161. The number of rotatable bonds is 5. The van der Waals surface area contributed by atoms with Gasteiger partial charge in [-0.1, -0.05) is 60.7 Å². The van der Waals surface area contributed by atoms with Gasteiger partial charge in [-0.2, -0.15) is 0 Å². The fraction of sp³-hybridized carbons (Fsp3) is 0.217. The smallest absolute Gasteiger partial charge is 0.272 e. The number of nitrogens with zero attached hydrogens (tertiary/aromatic N) is 4. The quantitative estimate of drug-likeness (QED) is 0.621. The van der Waals surface area contributed by atoms with E-state index in [0.29, 0.717) is 13.1 Å². The van der Waals surface area contributed by atoms with Gasteiger partial charge in [0.25, 0.3) is 5.91 Å². The van der Waals surface area contributed by atoms with E-state index in [0.717, 1.165) is 13.1 Å². The van der Waals surface area contributed by atoms with E-state index in [1.165, 1.54) is 29.5 Å². The summed E-state index contributed by atoms with van der Waals surface area (Å²) in [5, 5.41) is 2.89. The second-order valence-corrected chi connectivity index (χ2v) is 7.04. The van der Waals surface area contributed by atoms with Gasteiger partial charge in [0.2, 0.25) is 0 Å². The van der Waals surface area contributed by atoms with Gasteiger partial charge in [-0.05, 0) is 28.4 Å². The van der Waals surface area contributed by atoms with Crippen LogP contribution in [0.1, 0.15) is 27.7 Å². The first-order valence-corrected chi connectivity index (χ1v) is 9.69. The summed E-state index contributed by atoms with van der Waals surface area (Å²) in [7, 11) is 0. The number of amides is 1. The van der Waals surface area contributed by atoms with Crippen molar-refractivity contribution in [3.05, 3.63) is 101 Å². The second-order valence-electron chi connectivity index (χ2n) is 7.04. The number of carbonyl (C=O) groups excluding carboxylic acids is 1. The Morgan fingerprint density at radius 2 is 1.45 bits per heavy atom. The second kappa shape index (κ2) is 8.75. The largest absolute Gasteiger partial charge is 0.335 e. The number of carbonyl (C=O) groups is 1. The summed E-state index contributed by atoms with van der Waals surface area (Å²) in [5.41, 5.74) is 2.96. The van der Waals surface area contributed by atoms with Crippen molar-refractivity contribution in [1.82, 2.24) is 14.8 Å². The Morgan fingerprint density at radius 1 is 0.862 bits per heavy atom. The van der Waals surface area contributed by atoms with Crippen molar-refractivity contribution < 1.29 is 4.79 Å². The molecular formula is C23H22N4O2. The lowest BCUT2D eigenvalue weighted by Crippen LogP contribution is -2.50. The van der Waals surface area contributed by atoms with Crippen molar-refractivity contribution in [3.8, 4) is 0 Å². The van der Waals surface area contributed by atoms with Crippen LogP contribution in [0.25, 0.3) is 0 Å². The Bertz CT molecular complexity index is 931. The Hall–Kier alpha value is -3.38. The Kier molecular flexibility index (Phi) is 5.72. The summed E-state index contributed by atoms with van der Waals surface area (Å²) in [6.07, 6.45) is 1.45. The van der Waals surface area contributed by atoms with Crippen molar-refractivity contribution in [2.45, 2.75) is 6.04 Å². The predicted octanol–water partition coefficient (Wildman–Crippen LogP) is 4.03. The molecule has 3 aromatic rings. The first kappa shape index (κ1) is 19.0. The maximum absolute atomic E-state index is 12.8. The zero-order valence-corrected chi connectivity index (χ0v) is 16.0. The molecule has 0 radical (unpaired) electrons. The van der Waals surface area contributed by atoms with Gasteiger partial charge < -0.3 is 4.90 Å². The van der Waals surface area contributed by atoms with Crippen LogP contribution in [0.3, 0.4) is 0 Å². The first-order chi connectivity index (χ1) is 14.3. The third-order valence-electron chi connectivity index (χ3n) is 5.27. The molecule has 146 valence electrons. The molecule has 1 aliphatic heterocycles. The van der Waals surface area contributed by atoms with Crippen LogP contribution in [0.4, 0.5) is 5.69 Å². The van der Waals surface area contributed by atoms with Crippen LogP contribution in [-0.2, 0) is 0 Å². The SMILES string of the molecule is O=Nc1ccnc(C(=O)N2CCN(C(c3ccccc3)c3ccccc3)CC2)c1. The molecule has 1 amide bonds. The van der Waals surface area contributed by atoms with Crippen molar-refractivity contribution in [2.75, 3.05) is 26.2 Å². The van der Waals surface area contributed by atoms with E-state index in [4.69, 9.17) is 0 Å². The molecule has 2 heterocycles. The molecule has 6 nitrogen and oxygen atoms in total. The van der Waals surface area contributed by atoms with Crippen molar-refractivity contribution in [2.24, 2.45) is 5.18 Å². The summed E-state index contributed by atoms with van der Waals surface area (Å²) in [6.45, 7) is 2.72. The van der Waals surface area contributed by atoms with E-state index in [2.05, 4.69) is 63.6 Å². The van der Waals surface area contributed by atoms with Crippen LogP contribution in [0.2, 0.25) is 0 Å². The molecule has 0 unspecified atom stereocenters. The zero-order chi connectivity index (χ0) is 20.1. The van der Waals surface area contributed by atoms with Crippen molar-refractivity contribution in [3.63, 3.8) is 0 Å². The lowest BCUT2D eigenvalue weighted by atomic mass is 9.96. The highest BCUT2D eigenvalue weighted by Gasteiger charge is 2.29. The van der Waals surface area contributed by atoms with Gasteiger partial charge in [-0.25, -0.2) is 0 Å². The van der Waals surface area contributed by atoms with E-state index < -0.39 is 0 Å². The standard InChI is InChI=1S/C23H22N4O2/c28-23(21-17-20(25-29)11-12-24-21)27-15-13-26(14-16-27)22(18-7-3-1-4-8-18)19-9-5-2-6-10-19/h1-12,17,22H,13-16H2. The fourth-order valence-corrected chi connectivity index (χ4v) is 3.82. The van der Waals surface area contributed by atoms with Crippen molar-refractivity contribution >= 4 is 11.6 Å². The van der Waals surface area contributed by atoms with Crippen LogP contribution in [0, 0.1) is 4.91 Å². The van der Waals surface area contributed by atoms with Crippen LogP contribution >= 0.6 is 0 Å². The van der Waals surface area contributed by atoms with Crippen LogP contribution in [0.5, 0.6) is 0 Å². The lowest BCUT2D eigenvalue weighted by molar-refractivity contribution is 0.0592. The van der Waals surface area contributed by atoms with E-state index in [-0.39, 0.29) is 23.3 Å². The molecule has 1 saturated heterocycles. The molecule has 0 spiro atoms. The number of hydrogen-bond acceptors (Lipinski definition) is 5. The molecule has 6 heteroatoms. The Labute approximate surface area is 169 Å². The maximum Gasteiger partial charge on any atom is 0.272 e. The number of nitroso groups, excluding NO2 is 1. The van der Waals surface area contributed by atoms with Gasteiger partial charge in [0.05, 0.1) is 6.04 Å². The average Bonchev–Trinajstić information content (AvgIpc) is 2.81. The molecular weight excluding hydrogens is 364 g/mol. The molecule has 1 fully saturated rings. The third-order valence-corrected chi connectivity index (χ3v) is 5.27. The summed E-state index contributed by atoms with van der Waals surface area (Å²) in [4.78, 5) is 31.8. The molecule has 0 aliphatic carbocycles. The molecule has 0 bridgehead atoms. The number of hydrogen-bond donors (Lipinski definition) is 0. The van der Waals surface area contributed by atoms with E-state index in [1.807, 2.05) is 12.1 Å². The molecule has 1 aliphatic rings. The van der Waals surface area contributed by atoms with Crippen LogP contribution < -0.4 is 0 Å². The molecule has 0 N–H and O–H groups in total. The monoisotopic (exact) mass is 386 g/mol. The normalized spacial score (nSPS) is 14.7. The minimum atomic E-state index is -0.161. The van der Waals surface area contributed by atoms with Gasteiger partial charge >= 0.3 is 0 Å². The number of aromatic nitrogens is 1. The topological polar surface area (TPSA) is 65.9 Å². The highest BCUT2D eigenvalue weighted by molar-refractivity contribution is 5.93. The van der Waals surface area contributed by atoms with Gasteiger partial charge in [0.15, 0.2) is 0 Å². The van der Waals surface area contributed by atoms with Gasteiger partial charge in [0.1, 0.15) is 11.4 Å². The molecule has 0 atom stereocenters. The number of pyridine rings is 1. The molecule has 29 heavy (non-hydrogen) atoms. The molecule has 0 saturated carbocycles. The van der Waals surface area contributed by atoms with Crippen LogP contribution in [-0.4, -0.2) is 46.9 Å². The number of piperazine rings is 1. The summed E-state index contributed by atoms with van der Waals surface area (Å²) < 4.78 is 0. The van der Waals surface area contributed by atoms with E-state index in [1.54, 1.807) is 4.90 Å². The summed E-state index contributed by atoms with van der Waals surface area (Å²) >= 11 is 0. The highest BCUT2D eigenvalue weighted by Crippen LogP contribution is 2.29. The van der Waals surface area contributed by atoms with Crippen LogP contribution in [0.15, 0.2) is 84.2 Å². The van der Waals surface area contributed by atoms with Crippen molar-refractivity contribution in [1.29, 1.82) is 0 Å². The zero-order valence-electron chi connectivity index (χ0n) is 16.0. The van der Waals surface area contributed by atoms with E-state index in [9.17, 15) is 9.70 Å². The summed E-state index contributed by atoms with van der Waals surface area (Å²) in [6, 6.07) is 24.0. The average molecular weight is 386 g/mol. The van der Waals surface area contributed by atoms with Gasteiger partial charge in [-0.3, -0.25) is 14.7 Å². The highest BCUT2D eigenvalue weighted by atomic mass is 16.3. The maximum atomic E-state index is 12.8. The predicted molar refractivity (Wildman–Crippen MR) is 112 cm³/mol. The van der Waals surface area contributed by atoms with E-state index >= 15 is 0 Å². The first-order valence-electron chi connectivity index (χ1n) is 9.69. The lowest BCUT2D eigenvalue weighted by Gasteiger charge is -2.39.